The van der Waals surface area contributed by atoms with Crippen molar-refractivity contribution in [2.75, 3.05) is 6.54 Å². The Hall–Kier alpha value is -3.46. The number of rotatable bonds is 7. The molecule has 0 bridgehead atoms. The fourth-order valence-electron chi connectivity index (χ4n) is 4.83. The first-order valence-corrected chi connectivity index (χ1v) is 12.0. The van der Waals surface area contributed by atoms with E-state index in [1.807, 2.05) is 0 Å². The van der Waals surface area contributed by atoms with Crippen LogP contribution in [-0.2, 0) is 6.54 Å². The lowest BCUT2D eigenvalue weighted by Crippen LogP contribution is -2.44. The van der Waals surface area contributed by atoms with Crippen molar-refractivity contribution in [3.63, 3.8) is 0 Å². The smallest absolute Gasteiger partial charge is 0.213 e. The Morgan fingerprint density at radius 1 is 0.970 bits per heavy atom. The molecule has 2 unspecified atom stereocenters. The number of hydrogen-bond donors (Lipinski definition) is 0. The molecular weight excluding hydrogens is 402 g/mol. The van der Waals surface area contributed by atoms with E-state index in [9.17, 15) is 0 Å². The Balaban J connectivity index is 1.84. The Kier molecular flexibility index (Phi) is 7.19. The topological polar surface area (TPSA) is 11.0 Å². The van der Waals surface area contributed by atoms with Crippen LogP contribution in [0.5, 0.6) is 0 Å². The van der Waals surface area contributed by atoms with Gasteiger partial charge in [-0.25, -0.2) is 0 Å². The summed E-state index contributed by atoms with van der Waals surface area (Å²) in [7, 11) is 0. The van der Waals surface area contributed by atoms with E-state index in [4.69, 9.17) is 0 Å². The molecule has 2 atom stereocenters. The van der Waals surface area contributed by atoms with Gasteiger partial charge in [-0.15, -0.1) is 0 Å². The van der Waals surface area contributed by atoms with Gasteiger partial charge in [-0.1, -0.05) is 31.2 Å². The molecule has 4 rings (SSSR count). The first kappa shape index (κ1) is 22.7. The van der Waals surface area contributed by atoms with E-state index in [1.54, 1.807) is 0 Å². The number of nitrogens with zero attached hydrogens (tertiary/aromatic N) is 3. The van der Waals surface area contributed by atoms with Gasteiger partial charge in [0.1, 0.15) is 6.54 Å². The molecule has 0 aliphatic carbocycles. The van der Waals surface area contributed by atoms with Crippen LogP contribution in [0, 0.1) is 5.92 Å². The third kappa shape index (κ3) is 4.98. The highest BCUT2D eigenvalue weighted by Crippen LogP contribution is 2.28. The summed E-state index contributed by atoms with van der Waals surface area (Å²) in [6.07, 6.45) is 17.8. The SMILES string of the molecule is CCN1C=CC=C/C1=C/C(C)C(/C(C)=C/c1cccc[n+]1CC)[n+]1cccc2ccccc21. The summed E-state index contributed by atoms with van der Waals surface area (Å²) >= 11 is 0. The number of para-hydroxylation sites is 1. The number of fused-ring (bicyclic) bond motifs is 1. The minimum atomic E-state index is 0.187. The summed E-state index contributed by atoms with van der Waals surface area (Å²) in [4.78, 5) is 2.31. The summed E-state index contributed by atoms with van der Waals surface area (Å²) in [6, 6.07) is 19.6. The van der Waals surface area contributed by atoms with Gasteiger partial charge in [-0.3, -0.25) is 0 Å². The van der Waals surface area contributed by atoms with Gasteiger partial charge in [0, 0.05) is 65.7 Å². The van der Waals surface area contributed by atoms with E-state index < -0.39 is 0 Å². The van der Waals surface area contributed by atoms with Crippen molar-refractivity contribution in [1.82, 2.24) is 4.90 Å². The molecule has 0 amide bonds. The maximum atomic E-state index is 2.45. The molecule has 0 saturated carbocycles. The van der Waals surface area contributed by atoms with Crippen molar-refractivity contribution in [1.29, 1.82) is 0 Å². The molecular formula is C30H35N3+2. The summed E-state index contributed by atoms with van der Waals surface area (Å²) in [6.45, 7) is 10.9. The van der Waals surface area contributed by atoms with Gasteiger partial charge in [-0.2, -0.15) is 9.13 Å². The monoisotopic (exact) mass is 437 g/mol. The van der Waals surface area contributed by atoms with Crippen LogP contribution < -0.4 is 9.13 Å². The highest BCUT2D eigenvalue weighted by Gasteiger charge is 2.30. The lowest BCUT2D eigenvalue weighted by atomic mass is 9.92. The van der Waals surface area contributed by atoms with Crippen LogP contribution in [0.4, 0.5) is 0 Å². The molecule has 168 valence electrons. The predicted molar refractivity (Wildman–Crippen MR) is 137 cm³/mol. The number of likely N-dealkylation sites (N-methyl/N-ethyl adjacent to an activating group) is 1. The van der Waals surface area contributed by atoms with Crippen LogP contribution in [0.2, 0.25) is 0 Å². The first-order valence-electron chi connectivity index (χ1n) is 12.0. The van der Waals surface area contributed by atoms with Crippen molar-refractivity contribution in [3.8, 4) is 0 Å². The molecule has 3 heteroatoms. The Labute approximate surface area is 198 Å². The second-order valence-electron chi connectivity index (χ2n) is 8.66. The number of benzene rings is 1. The lowest BCUT2D eigenvalue weighted by molar-refractivity contribution is -0.697. The maximum Gasteiger partial charge on any atom is 0.213 e. The van der Waals surface area contributed by atoms with E-state index >= 15 is 0 Å². The normalized spacial score (nSPS) is 17.0. The van der Waals surface area contributed by atoms with Gasteiger partial charge in [-0.05, 0) is 51.1 Å². The predicted octanol–water partition coefficient (Wildman–Crippen LogP) is 6.00. The molecule has 0 radical (unpaired) electrons. The molecule has 3 nitrogen and oxygen atoms in total. The maximum absolute atomic E-state index is 2.45. The van der Waals surface area contributed by atoms with Crippen molar-refractivity contribution < 1.29 is 9.13 Å². The van der Waals surface area contributed by atoms with Crippen LogP contribution in [0.1, 0.15) is 39.4 Å². The van der Waals surface area contributed by atoms with Gasteiger partial charge >= 0.3 is 0 Å². The summed E-state index contributed by atoms with van der Waals surface area (Å²) in [5, 5.41) is 1.26. The van der Waals surface area contributed by atoms with Gasteiger partial charge in [0.05, 0.1) is 0 Å². The second kappa shape index (κ2) is 10.4. The van der Waals surface area contributed by atoms with Gasteiger partial charge in [0.25, 0.3) is 0 Å². The quantitative estimate of drug-likeness (QED) is 0.412. The molecule has 2 aromatic heterocycles. The Morgan fingerprint density at radius 2 is 1.76 bits per heavy atom. The molecule has 33 heavy (non-hydrogen) atoms. The molecule has 1 aliphatic heterocycles. The van der Waals surface area contributed by atoms with Crippen LogP contribution in [-0.4, -0.2) is 11.4 Å². The van der Waals surface area contributed by atoms with Crippen molar-refractivity contribution >= 4 is 17.0 Å². The third-order valence-corrected chi connectivity index (χ3v) is 6.44. The van der Waals surface area contributed by atoms with E-state index in [0.29, 0.717) is 0 Å². The summed E-state index contributed by atoms with van der Waals surface area (Å²) < 4.78 is 4.74. The highest BCUT2D eigenvalue weighted by atomic mass is 15.1. The molecule has 0 fully saturated rings. The number of hydrogen-bond acceptors (Lipinski definition) is 1. The zero-order valence-electron chi connectivity index (χ0n) is 20.2. The molecule has 0 saturated heterocycles. The third-order valence-electron chi connectivity index (χ3n) is 6.44. The first-order chi connectivity index (χ1) is 16.1. The van der Waals surface area contributed by atoms with E-state index in [2.05, 4.69) is 145 Å². The van der Waals surface area contributed by atoms with Crippen LogP contribution in [0.15, 0.2) is 109 Å². The van der Waals surface area contributed by atoms with Crippen molar-refractivity contribution in [3.05, 3.63) is 114 Å². The number of aryl methyl sites for hydroxylation is 1. The van der Waals surface area contributed by atoms with Crippen LogP contribution in [0.3, 0.4) is 0 Å². The zero-order chi connectivity index (χ0) is 23.2. The average molecular weight is 438 g/mol. The van der Waals surface area contributed by atoms with Gasteiger partial charge < -0.3 is 4.90 Å². The fourth-order valence-corrected chi connectivity index (χ4v) is 4.83. The minimum absolute atomic E-state index is 0.187. The number of allylic oxidation sites excluding steroid dienone is 5. The van der Waals surface area contributed by atoms with Crippen LogP contribution in [0.25, 0.3) is 17.0 Å². The summed E-state index contributed by atoms with van der Waals surface area (Å²) in [5.74, 6) is 0.288. The lowest BCUT2D eigenvalue weighted by Gasteiger charge is -2.25. The van der Waals surface area contributed by atoms with E-state index in [-0.39, 0.29) is 12.0 Å². The molecule has 3 aromatic rings. The average Bonchev–Trinajstić information content (AvgIpc) is 2.85. The molecule has 1 aliphatic rings. The second-order valence-corrected chi connectivity index (χ2v) is 8.66. The standard InChI is InChI=1S/C30H35N3/c1-5-31-19-11-9-16-27(31)22-24(3)30(25(4)23-28-17-10-12-20-32(28)6-2)33-21-13-15-26-14-7-8-18-29(26)33/h7-24,30H,5-6H2,1-4H3/q+2/b25-23+,27-22-. The highest BCUT2D eigenvalue weighted by molar-refractivity contribution is 5.75. The van der Waals surface area contributed by atoms with Crippen molar-refractivity contribution in [2.45, 2.75) is 40.3 Å². The Morgan fingerprint density at radius 3 is 2.58 bits per heavy atom. The van der Waals surface area contributed by atoms with Crippen molar-refractivity contribution in [2.24, 2.45) is 5.92 Å². The van der Waals surface area contributed by atoms with E-state index in [1.165, 1.54) is 27.9 Å². The Bertz CT molecular complexity index is 1230. The van der Waals surface area contributed by atoms with E-state index in [0.717, 1.165) is 13.1 Å². The van der Waals surface area contributed by atoms with Gasteiger partial charge in [0.2, 0.25) is 11.2 Å². The zero-order valence-corrected chi connectivity index (χ0v) is 20.2. The van der Waals surface area contributed by atoms with Crippen LogP contribution >= 0.6 is 0 Å². The largest absolute Gasteiger partial charge is 0.349 e. The summed E-state index contributed by atoms with van der Waals surface area (Å²) in [5.41, 5.74) is 5.09. The minimum Gasteiger partial charge on any atom is -0.349 e. The molecule has 3 heterocycles. The molecule has 0 spiro atoms. The molecule has 1 aromatic carbocycles. The van der Waals surface area contributed by atoms with Gasteiger partial charge in [0.15, 0.2) is 18.4 Å². The fraction of sp³-hybridized carbons (Fsp3) is 0.267. The number of pyridine rings is 2. The molecule has 0 N–H and O–H groups in total. The number of aromatic nitrogens is 2.